The van der Waals surface area contributed by atoms with Crippen molar-refractivity contribution >= 4 is 23.4 Å². The van der Waals surface area contributed by atoms with Crippen LogP contribution >= 0.6 is 11.8 Å². The molecule has 0 aliphatic rings. The third-order valence-corrected chi connectivity index (χ3v) is 5.25. The number of carbonyl (C=O) groups is 1. The molecule has 4 nitrogen and oxygen atoms in total. The first-order chi connectivity index (χ1) is 13.0. The Labute approximate surface area is 164 Å². The first-order valence-electron chi connectivity index (χ1n) is 8.92. The van der Waals surface area contributed by atoms with E-state index >= 15 is 0 Å². The number of anilines is 1. The zero-order valence-corrected chi connectivity index (χ0v) is 16.6. The number of hydrogen-bond acceptors (Lipinski definition) is 4. The summed E-state index contributed by atoms with van der Waals surface area (Å²) in [5.74, 6) is 1.11. The molecule has 1 amide bonds. The average Bonchev–Trinajstić information content (AvgIpc) is 2.67. The van der Waals surface area contributed by atoms with Crippen LogP contribution in [0.5, 0.6) is 0 Å². The SMILES string of the molecule is Cc1cc(NC(=O)c2cccc(CSc3cnccn3)c2)ccc1C(C)C. The van der Waals surface area contributed by atoms with Gasteiger partial charge in [0.25, 0.3) is 5.91 Å². The highest BCUT2D eigenvalue weighted by atomic mass is 32.2. The third-order valence-electron chi connectivity index (χ3n) is 4.27. The third kappa shape index (κ3) is 5.17. The van der Waals surface area contributed by atoms with Crippen molar-refractivity contribution in [3.05, 3.63) is 83.3 Å². The molecule has 0 fully saturated rings. The lowest BCUT2D eigenvalue weighted by molar-refractivity contribution is 0.102. The monoisotopic (exact) mass is 377 g/mol. The molecule has 0 spiro atoms. The van der Waals surface area contributed by atoms with Gasteiger partial charge in [0.05, 0.1) is 6.20 Å². The molecule has 138 valence electrons. The minimum Gasteiger partial charge on any atom is -0.322 e. The molecule has 0 bridgehead atoms. The van der Waals surface area contributed by atoms with Gasteiger partial charge in [0.15, 0.2) is 0 Å². The van der Waals surface area contributed by atoms with Gasteiger partial charge in [0.1, 0.15) is 5.03 Å². The second kappa shape index (κ2) is 8.82. The molecule has 0 aliphatic carbocycles. The predicted molar refractivity (Wildman–Crippen MR) is 111 cm³/mol. The summed E-state index contributed by atoms with van der Waals surface area (Å²) in [6, 6.07) is 13.8. The normalized spacial score (nSPS) is 10.8. The van der Waals surface area contributed by atoms with Crippen LogP contribution in [0.1, 0.15) is 46.8 Å². The molecule has 2 aromatic carbocycles. The first kappa shape index (κ1) is 19.1. The van der Waals surface area contributed by atoms with Crippen molar-refractivity contribution in [1.29, 1.82) is 0 Å². The first-order valence-corrected chi connectivity index (χ1v) is 9.91. The summed E-state index contributed by atoms with van der Waals surface area (Å²) in [4.78, 5) is 21.0. The summed E-state index contributed by atoms with van der Waals surface area (Å²) in [7, 11) is 0. The highest BCUT2D eigenvalue weighted by molar-refractivity contribution is 7.98. The summed E-state index contributed by atoms with van der Waals surface area (Å²) in [6.07, 6.45) is 5.08. The molecule has 3 aromatic rings. The van der Waals surface area contributed by atoms with E-state index in [9.17, 15) is 4.79 Å². The van der Waals surface area contributed by atoms with Crippen LogP contribution in [0.2, 0.25) is 0 Å². The number of benzene rings is 2. The van der Waals surface area contributed by atoms with Gasteiger partial charge in [-0.05, 0) is 53.8 Å². The molecule has 0 radical (unpaired) electrons. The molecule has 0 aliphatic heterocycles. The van der Waals surface area contributed by atoms with E-state index < -0.39 is 0 Å². The van der Waals surface area contributed by atoms with Crippen molar-refractivity contribution < 1.29 is 4.79 Å². The van der Waals surface area contributed by atoms with Gasteiger partial charge in [-0.2, -0.15) is 0 Å². The Morgan fingerprint density at radius 2 is 2.00 bits per heavy atom. The average molecular weight is 378 g/mol. The lowest BCUT2D eigenvalue weighted by atomic mass is 9.97. The van der Waals surface area contributed by atoms with Crippen molar-refractivity contribution in [2.45, 2.75) is 37.5 Å². The van der Waals surface area contributed by atoms with E-state index in [4.69, 9.17) is 0 Å². The number of nitrogens with one attached hydrogen (secondary N) is 1. The second-order valence-electron chi connectivity index (χ2n) is 6.71. The summed E-state index contributed by atoms with van der Waals surface area (Å²) in [5, 5.41) is 3.87. The van der Waals surface area contributed by atoms with Crippen LogP contribution in [0.3, 0.4) is 0 Å². The Morgan fingerprint density at radius 3 is 2.70 bits per heavy atom. The fourth-order valence-electron chi connectivity index (χ4n) is 2.92. The molecule has 1 N–H and O–H groups in total. The van der Waals surface area contributed by atoms with Gasteiger partial charge in [-0.25, -0.2) is 4.98 Å². The van der Waals surface area contributed by atoms with Crippen molar-refractivity contribution in [2.24, 2.45) is 0 Å². The largest absolute Gasteiger partial charge is 0.322 e. The highest BCUT2D eigenvalue weighted by Gasteiger charge is 2.09. The topological polar surface area (TPSA) is 54.9 Å². The maximum absolute atomic E-state index is 12.6. The van der Waals surface area contributed by atoms with Crippen LogP contribution in [0.15, 0.2) is 66.1 Å². The molecule has 1 heterocycles. The number of hydrogen-bond donors (Lipinski definition) is 1. The van der Waals surface area contributed by atoms with E-state index in [0.717, 1.165) is 22.0 Å². The van der Waals surface area contributed by atoms with Gasteiger partial charge < -0.3 is 5.32 Å². The predicted octanol–water partition coefficient (Wildman–Crippen LogP) is 5.45. The molecule has 5 heteroatoms. The summed E-state index contributed by atoms with van der Waals surface area (Å²) in [6.45, 7) is 6.42. The number of thioether (sulfide) groups is 1. The number of aromatic nitrogens is 2. The smallest absolute Gasteiger partial charge is 0.255 e. The summed E-state index contributed by atoms with van der Waals surface area (Å²) < 4.78 is 0. The number of aryl methyl sites for hydroxylation is 1. The summed E-state index contributed by atoms with van der Waals surface area (Å²) in [5.41, 5.74) is 5.04. The lowest BCUT2D eigenvalue weighted by Crippen LogP contribution is -2.12. The molecule has 3 rings (SSSR count). The molecule has 0 saturated heterocycles. The van der Waals surface area contributed by atoms with Gasteiger partial charge in [-0.3, -0.25) is 9.78 Å². The van der Waals surface area contributed by atoms with Crippen molar-refractivity contribution in [3.63, 3.8) is 0 Å². The molecule has 1 aromatic heterocycles. The van der Waals surface area contributed by atoms with Crippen LogP contribution in [-0.2, 0) is 5.75 Å². The Hall–Kier alpha value is -2.66. The lowest BCUT2D eigenvalue weighted by Gasteiger charge is -2.12. The van der Waals surface area contributed by atoms with E-state index in [0.29, 0.717) is 11.5 Å². The fourth-order valence-corrected chi connectivity index (χ4v) is 3.69. The van der Waals surface area contributed by atoms with Crippen LogP contribution in [0.25, 0.3) is 0 Å². The maximum atomic E-state index is 12.6. The van der Waals surface area contributed by atoms with Crippen LogP contribution in [-0.4, -0.2) is 15.9 Å². The number of amides is 1. The van der Waals surface area contributed by atoms with E-state index in [2.05, 4.69) is 42.1 Å². The Kier molecular flexibility index (Phi) is 6.24. The van der Waals surface area contributed by atoms with Crippen LogP contribution in [0.4, 0.5) is 5.69 Å². The van der Waals surface area contributed by atoms with Crippen molar-refractivity contribution in [2.75, 3.05) is 5.32 Å². The zero-order valence-electron chi connectivity index (χ0n) is 15.8. The quantitative estimate of drug-likeness (QED) is 0.580. The number of nitrogens with zero attached hydrogens (tertiary/aromatic N) is 2. The molecule has 0 atom stereocenters. The zero-order chi connectivity index (χ0) is 19.2. The number of carbonyl (C=O) groups excluding carboxylic acids is 1. The molecule has 0 unspecified atom stereocenters. The van der Waals surface area contributed by atoms with E-state index in [-0.39, 0.29) is 5.91 Å². The maximum Gasteiger partial charge on any atom is 0.255 e. The van der Waals surface area contributed by atoms with E-state index in [1.807, 2.05) is 36.4 Å². The Balaban J connectivity index is 1.67. The highest BCUT2D eigenvalue weighted by Crippen LogP contribution is 2.23. The minimum absolute atomic E-state index is 0.0990. The molecular weight excluding hydrogens is 354 g/mol. The van der Waals surface area contributed by atoms with Gasteiger partial charge in [-0.15, -0.1) is 11.8 Å². The molecular formula is C22H23N3OS. The van der Waals surface area contributed by atoms with Gasteiger partial charge in [-0.1, -0.05) is 32.0 Å². The van der Waals surface area contributed by atoms with E-state index in [1.165, 1.54) is 11.1 Å². The summed E-state index contributed by atoms with van der Waals surface area (Å²) >= 11 is 1.60. The Morgan fingerprint density at radius 1 is 1.15 bits per heavy atom. The van der Waals surface area contributed by atoms with Crippen LogP contribution in [0, 0.1) is 6.92 Å². The fraction of sp³-hybridized carbons (Fsp3) is 0.227. The number of rotatable bonds is 6. The van der Waals surface area contributed by atoms with E-state index in [1.54, 1.807) is 30.4 Å². The molecule has 27 heavy (non-hydrogen) atoms. The van der Waals surface area contributed by atoms with Crippen molar-refractivity contribution in [1.82, 2.24) is 9.97 Å². The van der Waals surface area contributed by atoms with Gasteiger partial charge in [0.2, 0.25) is 0 Å². The minimum atomic E-state index is -0.0990. The van der Waals surface area contributed by atoms with Gasteiger partial charge in [0, 0.05) is 29.4 Å². The standard InChI is InChI=1S/C22H23N3OS/c1-15(2)20-8-7-19(11-16(20)3)25-22(26)18-6-4-5-17(12-18)14-27-21-13-23-9-10-24-21/h4-13,15H,14H2,1-3H3,(H,25,26). The molecule has 0 saturated carbocycles. The Bertz CT molecular complexity index is 926. The van der Waals surface area contributed by atoms with Gasteiger partial charge >= 0.3 is 0 Å². The van der Waals surface area contributed by atoms with Crippen molar-refractivity contribution in [3.8, 4) is 0 Å². The van der Waals surface area contributed by atoms with Crippen LogP contribution < -0.4 is 5.32 Å². The second-order valence-corrected chi connectivity index (χ2v) is 7.71.